The Kier molecular flexibility index (Phi) is 14.1. The number of anilines is 2. The first-order valence-electron chi connectivity index (χ1n) is 20.5. The summed E-state index contributed by atoms with van der Waals surface area (Å²) in [5, 5.41) is 19.0. The Morgan fingerprint density at radius 2 is 1.07 bits per heavy atom. The van der Waals surface area contributed by atoms with Crippen molar-refractivity contribution in [1.29, 1.82) is 0 Å². The maximum atomic E-state index is 13.9. The van der Waals surface area contributed by atoms with Gasteiger partial charge in [0.05, 0.1) is 47.6 Å². The molecule has 4 aromatic rings. The normalized spacial score (nSPS) is 27.1. The number of hydrogen-bond acceptors (Lipinski definition) is 10. The van der Waals surface area contributed by atoms with Crippen molar-refractivity contribution in [1.82, 2.24) is 29.1 Å². The van der Waals surface area contributed by atoms with Gasteiger partial charge in [-0.05, 0) is 62.4 Å². The van der Waals surface area contributed by atoms with Crippen LogP contribution in [0.2, 0.25) is 0 Å². The predicted molar refractivity (Wildman–Crippen MR) is 226 cm³/mol. The summed E-state index contributed by atoms with van der Waals surface area (Å²) in [5.41, 5.74) is 2.49. The molecule has 384 valence electrons. The quantitative estimate of drug-likeness (QED) is 0.0828. The maximum absolute atomic E-state index is 13.9. The average Bonchev–Trinajstić information content (AvgIpc) is 3.82. The smallest absolute Gasteiger partial charge is 0.399 e. The topological polar surface area (TPSA) is 172 Å². The molecule has 12 nitrogen and oxygen atoms in total. The van der Waals surface area contributed by atoms with Gasteiger partial charge in [0, 0.05) is 74.3 Å². The molecular weight excluding hydrogens is 1080 g/mol. The Morgan fingerprint density at radius 3 is 1.46 bits per heavy atom. The van der Waals surface area contributed by atoms with Gasteiger partial charge < -0.3 is 40.1 Å². The molecule has 0 radical (unpaired) electrons. The highest BCUT2D eigenvalue weighted by atomic mass is 127. The summed E-state index contributed by atoms with van der Waals surface area (Å²) in [6.45, 7) is 7.29. The fourth-order valence-corrected chi connectivity index (χ4v) is 9.27. The standard InChI is InChI=1S/C16H13F7N4O.C12H16BF3N2O2.C10H9F4IN2O.CH3F.CH4/c17-13-4-14(5-13,6-13)27-3-9(26-12(27)10(28)16(21,22)23)7-1-8(15(18,19)20)11(24)25-2-7;1-10(2)11(3,4)20-13(19-10)7-5-8(12(14,15)16)9(17)18-6-7;11-8-2-9(3-8,4-8)17-1-5(15)16-7(17)6(18)10(12,13)14;1-2;/h1-3,10,28H,4-6H2,(H2,24,25);5-6H,1-4H3,(H2,17,18);1,6,18H,2-4H2;1H3;1H4/i;;;1D;. The van der Waals surface area contributed by atoms with Crippen LogP contribution in [0.4, 0.5) is 77.5 Å². The molecule has 7 aliphatic rings. The largest absolute Gasteiger partial charge is 0.496 e. The van der Waals surface area contributed by atoms with E-state index in [0.29, 0.717) is 9.77 Å². The molecule has 69 heavy (non-hydrogen) atoms. The third-order valence-electron chi connectivity index (χ3n) is 12.7. The average molecular weight is 1130 g/mol. The number of rotatable bonds is 6. The molecule has 6 N–H and O–H groups in total. The Labute approximate surface area is 399 Å². The number of alkyl halides is 15. The van der Waals surface area contributed by atoms with Gasteiger partial charge in [0.15, 0.2) is 0 Å². The summed E-state index contributed by atoms with van der Waals surface area (Å²) in [6.07, 6.45) is -19.5. The number of aliphatic hydroxyl groups excluding tert-OH is 2. The number of aromatic nitrogens is 6. The van der Waals surface area contributed by atoms with Crippen LogP contribution in [0, 0.1) is 3.70 Å². The van der Waals surface area contributed by atoms with Crippen LogP contribution in [-0.4, -0.2) is 88.4 Å². The molecule has 29 heteroatoms. The van der Waals surface area contributed by atoms with Crippen molar-refractivity contribution >= 4 is 46.8 Å². The van der Waals surface area contributed by atoms with Crippen LogP contribution in [0.1, 0.15) is 110 Å². The Morgan fingerprint density at radius 1 is 0.696 bits per heavy atom. The number of imidazole rings is 2. The molecule has 6 saturated carbocycles. The minimum Gasteiger partial charge on any atom is -0.399 e. The Hall–Kier alpha value is -4.10. The van der Waals surface area contributed by atoms with Gasteiger partial charge in [-0.15, -0.1) is 0 Å². The Bertz CT molecular complexity index is 2500. The first-order valence-corrected chi connectivity index (χ1v) is 20.9. The second-order valence-electron chi connectivity index (χ2n) is 18.3. The van der Waals surface area contributed by atoms with E-state index in [9.17, 15) is 76.1 Å². The number of hydrogen-bond donors (Lipinski definition) is 4. The first-order chi connectivity index (χ1) is 31.2. The molecule has 4 aromatic heterocycles. The summed E-state index contributed by atoms with van der Waals surface area (Å²) in [7, 11) is -1.89. The van der Waals surface area contributed by atoms with Crippen LogP contribution in [-0.2, 0) is 32.7 Å². The molecule has 0 aromatic carbocycles. The van der Waals surface area contributed by atoms with E-state index < -0.39 is 119 Å². The lowest BCUT2D eigenvalue weighted by Gasteiger charge is -2.66. The monoisotopic (exact) mass is 1130 g/mol. The van der Waals surface area contributed by atoms with Crippen LogP contribution in [0.25, 0.3) is 11.3 Å². The van der Waals surface area contributed by atoms with Gasteiger partial charge in [0.1, 0.15) is 38.3 Å². The fraction of sp³-hybridized carbons (Fsp3) is 0.600. The van der Waals surface area contributed by atoms with E-state index in [4.69, 9.17) is 22.1 Å². The van der Waals surface area contributed by atoms with Gasteiger partial charge >= 0.3 is 31.8 Å². The summed E-state index contributed by atoms with van der Waals surface area (Å²) < 4.78 is 211. The molecule has 6 aliphatic carbocycles. The second-order valence-corrected chi connectivity index (χ2v) is 19.4. The SMILES string of the molecule is C.CC1(C)OB(c2cnc(N)c(C(F)(F)F)c2)OC1(C)C.Nc1ncc(-c2cn(C34CC(F)(C3)C4)c(C(O)C(F)(F)F)n2)cc1C(F)(F)F.OC(c1nc(I)cn1C12CC(F)(C1)C2)C(F)(F)F.[2H]CF. The van der Waals surface area contributed by atoms with Crippen molar-refractivity contribution in [3.05, 3.63) is 63.4 Å². The van der Waals surface area contributed by atoms with E-state index in [2.05, 4.69) is 19.9 Å². The molecule has 4 bridgehead atoms. The fourth-order valence-electron chi connectivity index (χ4n) is 8.74. The lowest BCUT2D eigenvalue weighted by molar-refractivity contribution is -0.223. The highest BCUT2D eigenvalue weighted by molar-refractivity contribution is 14.1. The van der Waals surface area contributed by atoms with Crippen LogP contribution in [0.3, 0.4) is 0 Å². The van der Waals surface area contributed by atoms with Gasteiger partial charge in [-0.3, -0.25) is 4.39 Å². The minimum atomic E-state index is -5.05. The van der Waals surface area contributed by atoms with E-state index >= 15 is 0 Å². The highest BCUT2D eigenvalue weighted by Gasteiger charge is 2.72. The van der Waals surface area contributed by atoms with E-state index in [-0.39, 0.29) is 62.7 Å². The zero-order chi connectivity index (χ0) is 52.1. The maximum Gasteiger partial charge on any atom is 0.496 e. The number of aliphatic hydroxyl groups is 2. The number of nitrogens with two attached hydrogens (primary N) is 2. The third kappa shape index (κ3) is 10.5. The zero-order valence-electron chi connectivity index (χ0n) is 36.7. The number of nitrogens with zero attached hydrogens (tertiary/aromatic N) is 6. The van der Waals surface area contributed by atoms with Gasteiger partial charge in [0.25, 0.3) is 0 Å². The van der Waals surface area contributed by atoms with E-state index in [1.807, 2.05) is 27.7 Å². The molecule has 1 saturated heterocycles. The van der Waals surface area contributed by atoms with Crippen LogP contribution in [0.5, 0.6) is 0 Å². The predicted octanol–water partition coefficient (Wildman–Crippen LogP) is 9.63. The van der Waals surface area contributed by atoms with Crippen LogP contribution >= 0.6 is 22.6 Å². The van der Waals surface area contributed by atoms with E-state index in [0.717, 1.165) is 23.0 Å². The molecule has 1 aliphatic heterocycles. The van der Waals surface area contributed by atoms with Crippen molar-refractivity contribution in [3.8, 4) is 11.3 Å². The summed E-state index contributed by atoms with van der Waals surface area (Å²) in [5.74, 6) is -2.58. The summed E-state index contributed by atoms with van der Waals surface area (Å²) in [4.78, 5) is 14.5. The molecule has 5 heterocycles. The molecule has 11 rings (SSSR count). The number of halogens is 16. The van der Waals surface area contributed by atoms with Crippen molar-refractivity contribution in [2.75, 3.05) is 18.6 Å². The van der Waals surface area contributed by atoms with Gasteiger partial charge in [-0.1, -0.05) is 7.43 Å². The molecule has 2 atom stereocenters. The number of pyridine rings is 2. The molecule has 0 spiro atoms. The van der Waals surface area contributed by atoms with Crippen molar-refractivity contribution in [3.63, 3.8) is 0 Å². The van der Waals surface area contributed by atoms with E-state index in [1.54, 1.807) is 22.6 Å². The van der Waals surface area contributed by atoms with Gasteiger partial charge in [-0.2, -0.15) is 52.7 Å². The lowest BCUT2D eigenvalue weighted by Crippen LogP contribution is -2.70. The molecule has 7 fully saturated rings. The minimum absolute atomic E-state index is 0. The van der Waals surface area contributed by atoms with Gasteiger partial charge in [-0.25, -0.2) is 28.7 Å². The molecule has 2 unspecified atom stereocenters. The highest BCUT2D eigenvalue weighted by Crippen LogP contribution is 2.69. The van der Waals surface area contributed by atoms with Crippen LogP contribution < -0.4 is 16.9 Å². The van der Waals surface area contributed by atoms with Crippen LogP contribution in [0.15, 0.2) is 36.9 Å². The summed E-state index contributed by atoms with van der Waals surface area (Å²) >= 11 is 1.78. The van der Waals surface area contributed by atoms with E-state index in [1.165, 1.54) is 17.0 Å². The first kappa shape index (κ1) is 54.2. The summed E-state index contributed by atoms with van der Waals surface area (Å²) in [6, 6.07) is 1.54. The lowest BCUT2D eigenvalue weighted by atomic mass is 9.47. The zero-order valence-corrected chi connectivity index (χ0v) is 37.9. The van der Waals surface area contributed by atoms with Crippen molar-refractivity contribution < 1.29 is 86.7 Å². The van der Waals surface area contributed by atoms with Crippen molar-refractivity contribution in [2.45, 2.75) is 144 Å². The Balaban J connectivity index is 0.000000194. The third-order valence-corrected chi connectivity index (χ3v) is 13.3. The molecular formula is C40H45BF15IN8O4. The second kappa shape index (κ2) is 17.9. The number of nitrogen functional groups attached to an aromatic ring is 2. The van der Waals surface area contributed by atoms with Gasteiger partial charge in [0.2, 0.25) is 12.2 Å². The van der Waals surface area contributed by atoms with Crippen molar-refractivity contribution in [2.24, 2.45) is 0 Å². The molecule has 0 amide bonds.